The molecule has 6 nitrogen and oxygen atoms in total. The molecule has 6 heteroatoms. The van der Waals surface area contributed by atoms with Gasteiger partial charge in [0.2, 0.25) is 0 Å². The van der Waals surface area contributed by atoms with Gasteiger partial charge >= 0.3 is 0 Å². The summed E-state index contributed by atoms with van der Waals surface area (Å²) in [4.78, 5) is 23.7. The zero-order valence-electron chi connectivity index (χ0n) is 26.5. The molecule has 0 saturated carbocycles. The van der Waals surface area contributed by atoms with E-state index in [1.165, 1.54) is 0 Å². The molecule has 1 aliphatic rings. The van der Waals surface area contributed by atoms with Crippen LogP contribution in [0.4, 0.5) is 0 Å². The first-order valence-electron chi connectivity index (χ1n) is 16.4. The summed E-state index contributed by atoms with van der Waals surface area (Å²) in [6, 6.07) is 43.7. The Kier molecular flexibility index (Phi) is 7.17. The largest absolute Gasteiger partial charge is 0.452 e. The van der Waals surface area contributed by atoms with Crippen molar-refractivity contribution in [1.82, 2.24) is 19.9 Å². The van der Waals surface area contributed by atoms with Crippen molar-refractivity contribution in [2.75, 3.05) is 0 Å². The van der Waals surface area contributed by atoms with Gasteiger partial charge in [-0.3, -0.25) is 4.99 Å². The fourth-order valence-corrected chi connectivity index (χ4v) is 6.44. The first-order chi connectivity index (χ1) is 24.3. The zero-order chi connectivity index (χ0) is 32.6. The van der Waals surface area contributed by atoms with Crippen LogP contribution in [0.3, 0.4) is 0 Å². The van der Waals surface area contributed by atoms with Gasteiger partial charge in [-0.1, -0.05) is 97.1 Å². The van der Waals surface area contributed by atoms with Crippen LogP contribution >= 0.6 is 0 Å². The topological polar surface area (TPSA) is 77.1 Å². The number of hydrogen-bond donors (Lipinski definition) is 0. The van der Waals surface area contributed by atoms with Gasteiger partial charge in [0.25, 0.3) is 0 Å². The van der Waals surface area contributed by atoms with Crippen LogP contribution in [-0.2, 0) is 0 Å². The van der Waals surface area contributed by atoms with Crippen molar-refractivity contribution in [3.8, 4) is 56.3 Å². The van der Waals surface area contributed by atoms with E-state index < -0.39 is 0 Å². The molecule has 1 aliphatic heterocycles. The molecule has 232 valence electrons. The van der Waals surface area contributed by atoms with Gasteiger partial charge in [0.1, 0.15) is 16.8 Å². The molecule has 4 heterocycles. The van der Waals surface area contributed by atoms with E-state index in [4.69, 9.17) is 14.4 Å². The number of benzene rings is 5. The summed E-state index contributed by atoms with van der Waals surface area (Å²) in [6.45, 7) is 0. The third-order valence-electron chi connectivity index (χ3n) is 8.94. The van der Waals surface area contributed by atoms with Crippen LogP contribution < -0.4 is 0 Å². The smallest absolute Gasteiger partial charge is 0.180 e. The highest BCUT2D eigenvalue weighted by Gasteiger charge is 2.20. The summed E-state index contributed by atoms with van der Waals surface area (Å²) in [6.07, 6.45) is 9.51. The van der Waals surface area contributed by atoms with Crippen molar-refractivity contribution in [2.45, 2.75) is 12.8 Å². The number of fused-ring (bicyclic) bond motifs is 3. The lowest BCUT2D eigenvalue weighted by atomic mass is 9.93. The summed E-state index contributed by atoms with van der Waals surface area (Å²) in [5.41, 5.74) is 12.4. The standard InChI is InChI=1S/C43H29N5O/c1-2-9-31(10-3-1)43-47-39(41-40(48-43)36-11-4-5-13-38(36)49-41)35-26-33(28-14-18-30(19-15-28)37-12-6-7-22-44-37)25-34(27-35)29-16-20-32(21-17-29)42-45-23-8-24-46-42/h1-5,7-11,13-27H,6,12H2. The molecule has 0 spiro atoms. The Hall–Kier alpha value is -6.53. The Morgan fingerprint density at radius 3 is 1.86 bits per heavy atom. The third-order valence-corrected chi connectivity index (χ3v) is 8.94. The van der Waals surface area contributed by atoms with E-state index >= 15 is 0 Å². The average molecular weight is 632 g/mol. The van der Waals surface area contributed by atoms with Gasteiger partial charge in [0.15, 0.2) is 17.2 Å². The Bertz CT molecular complexity index is 2520. The Morgan fingerprint density at radius 1 is 0.510 bits per heavy atom. The van der Waals surface area contributed by atoms with Gasteiger partial charge in [0, 0.05) is 46.4 Å². The second kappa shape index (κ2) is 12.2. The first-order valence-corrected chi connectivity index (χ1v) is 16.4. The van der Waals surface area contributed by atoms with E-state index in [-0.39, 0.29) is 0 Å². The van der Waals surface area contributed by atoms with Crippen molar-refractivity contribution in [3.63, 3.8) is 0 Å². The molecule has 0 amide bonds. The molecule has 8 aromatic rings. The minimum Gasteiger partial charge on any atom is -0.452 e. The number of aliphatic imine (C=N–C) groups is 1. The van der Waals surface area contributed by atoms with Crippen LogP contribution in [0.5, 0.6) is 0 Å². The fourth-order valence-electron chi connectivity index (χ4n) is 6.44. The second-order valence-corrected chi connectivity index (χ2v) is 12.1. The number of furan rings is 1. The molecule has 0 bridgehead atoms. The van der Waals surface area contributed by atoms with Crippen LogP contribution in [-0.4, -0.2) is 25.6 Å². The first kappa shape index (κ1) is 28.7. The number of allylic oxidation sites excluding steroid dienone is 1. The molecule has 0 N–H and O–H groups in total. The molecule has 49 heavy (non-hydrogen) atoms. The molecular formula is C43H29N5O. The predicted molar refractivity (Wildman–Crippen MR) is 197 cm³/mol. The lowest BCUT2D eigenvalue weighted by Crippen LogP contribution is -2.02. The van der Waals surface area contributed by atoms with Crippen molar-refractivity contribution < 1.29 is 4.42 Å². The third kappa shape index (κ3) is 5.49. The fraction of sp³-hybridized carbons (Fsp3) is 0.0465. The summed E-state index contributed by atoms with van der Waals surface area (Å²) >= 11 is 0. The number of aromatic nitrogens is 4. The monoisotopic (exact) mass is 631 g/mol. The van der Waals surface area contributed by atoms with Crippen LogP contribution in [0.15, 0.2) is 161 Å². The Morgan fingerprint density at radius 2 is 1.14 bits per heavy atom. The van der Waals surface area contributed by atoms with Crippen LogP contribution in [0.25, 0.3) is 78.4 Å². The summed E-state index contributed by atoms with van der Waals surface area (Å²) in [5, 5.41) is 0.962. The van der Waals surface area contributed by atoms with E-state index in [0.717, 1.165) is 85.2 Å². The lowest BCUT2D eigenvalue weighted by molar-refractivity contribution is 0.667. The quantitative estimate of drug-likeness (QED) is 0.182. The summed E-state index contributed by atoms with van der Waals surface area (Å²) in [5.74, 6) is 1.35. The zero-order valence-corrected chi connectivity index (χ0v) is 26.5. The normalized spacial score (nSPS) is 12.8. The van der Waals surface area contributed by atoms with Crippen LogP contribution in [0.1, 0.15) is 18.4 Å². The number of rotatable bonds is 6. The Labute approximate surface area is 283 Å². The highest BCUT2D eigenvalue weighted by molar-refractivity contribution is 6.07. The number of para-hydroxylation sites is 1. The predicted octanol–water partition coefficient (Wildman–Crippen LogP) is 10.6. The molecule has 0 radical (unpaired) electrons. The molecule has 0 saturated heterocycles. The SMILES string of the molecule is C1=CN=C(c2ccc(-c3cc(-c4ccc(-c5ncccn5)cc4)cc(-c4nc(-c5ccccc5)nc5c4oc4ccccc45)c3)cc2)CC1. The molecule has 0 fully saturated rings. The molecule has 0 unspecified atom stereocenters. The van der Waals surface area contributed by atoms with E-state index in [1.54, 1.807) is 12.4 Å². The molecule has 0 aliphatic carbocycles. The maximum Gasteiger partial charge on any atom is 0.180 e. The molecule has 9 rings (SSSR count). The lowest BCUT2D eigenvalue weighted by Gasteiger charge is -2.13. The number of hydrogen-bond acceptors (Lipinski definition) is 6. The minimum absolute atomic E-state index is 0.653. The molecular weight excluding hydrogens is 603 g/mol. The maximum absolute atomic E-state index is 6.51. The maximum atomic E-state index is 6.51. The summed E-state index contributed by atoms with van der Waals surface area (Å²) < 4.78 is 6.51. The molecule has 5 aromatic carbocycles. The van der Waals surface area contributed by atoms with E-state index in [1.807, 2.05) is 60.8 Å². The highest BCUT2D eigenvalue weighted by atomic mass is 16.3. The molecule has 3 aromatic heterocycles. The Balaban J connectivity index is 1.24. The van der Waals surface area contributed by atoms with Crippen LogP contribution in [0.2, 0.25) is 0 Å². The van der Waals surface area contributed by atoms with Crippen LogP contribution in [0, 0.1) is 0 Å². The van der Waals surface area contributed by atoms with Crippen molar-refractivity contribution in [3.05, 3.63) is 158 Å². The highest BCUT2D eigenvalue weighted by Crippen LogP contribution is 2.39. The van der Waals surface area contributed by atoms with Crippen molar-refractivity contribution in [2.24, 2.45) is 4.99 Å². The molecule has 0 atom stereocenters. The van der Waals surface area contributed by atoms with Gasteiger partial charge in [-0.05, 0) is 77.1 Å². The van der Waals surface area contributed by atoms with Gasteiger partial charge in [0.05, 0.1) is 0 Å². The van der Waals surface area contributed by atoms with Crippen molar-refractivity contribution in [1.29, 1.82) is 0 Å². The van der Waals surface area contributed by atoms with Gasteiger partial charge in [-0.25, -0.2) is 19.9 Å². The van der Waals surface area contributed by atoms with E-state index in [2.05, 4.69) is 93.8 Å². The van der Waals surface area contributed by atoms with E-state index in [0.29, 0.717) is 17.2 Å². The average Bonchev–Trinajstić information content (AvgIpc) is 3.57. The van der Waals surface area contributed by atoms with Crippen molar-refractivity contribution >= 4 is 27.8 Å². The van der Waals surface area contributed by atoms with E-state index in [9.17, 15) is 0 Å². The van der Waals surface area contributed by atoms with Gasteiger partial charge in [-0.15, -0.1) is 0 Å². The second-order valence-electron chi connectivity index (χ2n) is 12.1. The number of nitrogens with zero attached hydrogens (tertiary/aromatic N) is 5. The van der Waals surface area contributed by atoms with Gasteiger partial charge < -0.3 is 4.42 Å². The van der Waals surface area contributed by atoms with Gasteiger partial charge in [-0.2, -0.15) is 0 Å². The minimum atomic E-state index is 0.653. The summed E-state index contributed by atoms with van der Waals surface area (Å²) in [7, 11) is 0.